The van der Waals surface area contributed by atoms with Crippen molar-refractivity contribution in [2.45, 2.75) is 0 Å². The van der Waals surface area contributed by atoms with E-state index in [0.29, 0.717) is 21.8 Å². The summed E-state index contributed by atoms with van der Waals surface area (Å²) in [4.78, 5) is 7.97. The van der Waals surface area contributed by atoms with Crippen molar-refractivity contribution in [1.82, 2.24) is 13.9 Å². The number of fused-ring (bicyclic) bond motifs is 3. The molecule has 0 aliphatic carbocycles. The van der Waals surface area contributed by atoms with Gasteiger partial charge in [-0.15, -0.1) is 0 Å². The lowest BCUT2D eigenvalue weighted by atomic mass is 10.2. The van der Waals surface area contributed by atoms with E-state index in [1.807, 2.05) is 0 Å². The summed E-state index contributed by atoms with van der Waals surface area (Å²) in [6.07, 6.45) is 1.50. The average molecular weight is 302 g/mol. The molecule has 0 spiro atoms. The first-order chi connectivity index (χ1) is 8.58. The van der Waals surface area contributed by atoms with Crippen molar-refractivity contribution in [3.8, 4) is 0 Å². The highest BCUT2D eigenvalue weighted by molar-refractivity contribution is 7.77. The SMILES string of the molecule is O=S(O)n1ccc2c3nc(Cl)nc(Cl)c3ccc21. The molecule has 8 heteroatoms. The van der Waals surface area contributed by atoms with Gasteiger partial charge in [0.15, 0.2) is 0 Å². The van der Waals surface area contributed by atoms with Crippen LogP contribution in [0.15, 0.2) is 24.4 Å². The third kappa shape index (κ3) is 1.69. The van der Waals surface area contributed by atoms with E-state index in [0.717, 1.165) is 0 Å². The van der Waals surface area contributed by atoms with E-state index >= 15 is 0 Å². The van der Waals surface area contributed by atoms with Gasteiger partial charge in [0.1, 0.15) is 5.15 Å². The molecule has 0 aliphatic rings. The van der Waals surface area contributed by atoms with Crippen LogP contribution >= 0.6 is 23.2 Å². The van der Waals surface area contributed by atoms with Gasteiger partial charge < -0.3 is 0 Å². The summed E-state index contributed by atoms with van der Waals surface area (Å²) in [5, 5.41) is 1.64. The molecular formula is C10H5Cl2N3O2S. The third-order valence-electron chi connectivity index (χ3n) is 2.59. The molecule has 2 heterocycles. The van der Waals surface area contributed by atoms with E-state index in [1.165, 1.54) is 10.2 Å². The van der Waals surface area contributed by atoms with E-state index in [9.17, 15) is 4.21 Å². The third-order valence-corrected chi connectivity index (χ3v) is 3.71. The number of benzene rings is 1. The quantitative estimate of drug-likeness (QED) is 0.426. The highest BCUT2D eigenvalue weighted by atomic mass is 35.5. The van der Waals surface area contributed by atoms with Gasteiger partial charge in [-0.3, -0.25) is 4.55 Å². The summed E-state index contributed by atoms with van der Waals surface area (Å²) in [5.41, 5.74) is 1.14. The Hall–Kier alpha value is -1.21. The number of hydrogen-bond donors (Lipinski definition) is 1. The minimum absolute atomic E-state index is 0.0397. The van der Waals surface area contributed by atoms with E-state index in [2.05, 4.69) is 9.97 Å². The first-order valence-electron chi connectivity index (χ1n) is 4.82. The van der Waals surface area contributed by atoms with Crippen LogP contribution in [0.1, 0.15) is 0 Å². The van der Waals surface area contributed by atoms with Crippen molar-refractivity contribution >= 4 is 56.3 Å². The molecule has 3 aromatic rings. The standard InChI is InChI=1S/C10H5Cl2N3O2S/c11-9-6-1-2-7-5(3-4-15(7)18(16)17)8(6)13-10(12)14-9/h1-4H,(H,16,17). The van der Waals surface area contributed by atoms with Crippen LogP contribution < -0.4 is 0 Å². The molecule has 18 heavy (non-hydrogen) atoms. The zero-order chi connectivity index (χ0) is 12.9. The smallest absolute Gasteiger partial charge is 0.266 e. The van der Waals surface area contributed by atoms with Crippen LogP contribution in [0.3, 0.4) is 0 Å². The Balaban J connectivity index is 2.50. The van der Waals surface area contributed by atoms with Crippen LogP contribution in [0.2, 0.25) is 10.4 Å². The van der Waals surface area contributed by atoms with Crippen LogP contribution in [0.4, 0.5) is 0 Å². The van der Waals surface area contributed by atoms with Crippen LogP contribution in [0.25, 0.3) is 21.8 Å². The predicted octanol–water partition coefficient (Wildman–Crippen LogP) is 2.88. The summed E-state index contributed by atoms with van der Waals surface area (Å²) in [5.74, 6) is 0. The Morgan fingerprint density at radius 1 is 1.17 bits per heavy atom. The Bertz CT molecular complexity index is 803. The van der Waals surface area contributed by atoms with E-state index in [4.69, 9.17) is 27.8 Å². The molecule has 1 unspecified atom stereocenters. The molecule has 0 bridgehead atoms. The molecular weight excluding hydrogens is 297 g/mol. The van der Waals surface area contributed by atoms with Gasteiger partial charge in [0.05, 0.1) is 11.0 Å². The largest absolute Gasteiger partial charge is 0.289 e. The fourth-order valence-corrected chi connectivity index (χ4v) is 2.80. The molecule has 2 aromatic heterocycles. The van der Waals surface area contributed by atoms with Crippen LogP contribution in [-0.2, 0) is 11.3 Å². The van der Waals surface area contributed by atoms with Gasteiger partial charge in [0.2, 0.25) is 5.28 Å². The Morgan fingerprint density at radius 2 is 1.94 bits per heavy atom. The maximum Gasteiger partial charge on any atom is 0.266 e. The van der Waals surface area contributed by atoms with E-state index in [-0.39, 0.29) is 10.4 Å². The number of rotatable bonds is 1. The maximum absolute atomic E-state index is 11.1. The molecule has 1 N–H and O–H groups in total. The second-order valence-electron chi connectivity index (χ2n) is 3.55. The second-order valence-corrected chi connectivity index (χ2v) is 5.10. The van der Waals surface area contributed by atoms with Crippen molar-refractivity contribution < 1.29 is 8.76 Å². The predicted molar refractivity (Wildman–Crippen MR) is 71.2 cm³/mol. The Morgan fingerprint density at radius 3 is 2.67 bits per heavy atom. The number of nitrogens with zero attached hydrogens (tertiary/aromatic N) is 3. The Kier molecular flexibility index (Phi) is 2.74. The Labute approximate surface area is 114 Å². The van der Waals surface area contributed by atoms with Gasteiger partial charge in [-0.1, -0.05) is 11.6 Å². The molecule has 0 saturated heterocycles. The molecule has 1 aromatic carbocycles. The average Bonchev–Trinajstić information content (AvgIpc) is 2.72. The first kappa shape index (κ1) is 11.9. The fourth-order valence-electron chi connectivity index (χ4n) is 1.86. The minimum Gasteiger partial charge on any atom is -0.289 e. The molecule has 0 aliphatic heterocycles. The maximum atomic E-state index is 11.1. The highest BCUT2D eigenvalue weighted by Gasteiger charge is 2.12. The second kappa shape index (κ2) is 4.17. The molecule has 1 atom stereocenters. The summed E-state index contributed by atoms with van der Waals surface area (Å²) >= 11 is 9.63. The van der Waals surface area contributed by atoms with Gasteiger partial charge in [-0.2, -0.15) is 0 Å². The zero-order valence-electron chi connectivity index (χ0n) is 8.67. The van der Waals surface area contributed by atoms with Crippen LogP contribution in [0.5, 0.6) is 0 Å². The van der Waals surface area contributed by atoms with Crippen LogP contribution in [0, 0.1) is 0 Å². The molecule has 0 radical (unpaired) electrons. The summed E-state index contributed by atoms with van der Waals surface area (Å²) in [7, 11) is 0. The molecule has 0 amide bonds. The molecule has 5 nitrogen and oxygen atoms in total. The first-order valence-corrected chi connectivity index (χ1v) is 6.64. The van der Waals surface area contributed by atoms with Crippen molar-refractivity contribution in [1.29, 1.82) is 0 Å². The minimum atomic E-state index is -2.12. The van der Waals surface area contributed by atoms with Crippen molar-refractivity contribution in [3.05, 3.63) is 34.8 Å². The monoisotopic (exact) mass is 301 g/mol. The van der Waals surface area contributed by atoms with Gasteiger partial charge >= 0.3 is 0 Å². The van der Waals surface area contributed by atoms with Gasteiger partial charge in [-0.25, -0.2) is 18.1 Å². The molecule has 0 fully saturated rings. The fraction of sp³-hybridized carbons (Fsp3) is 0. The summed E-state index contributed by atoms with van der Waals surface area (Å²) < 4.78 is 21.5. The van der Waals surface area contributed by atoms with Crippen molar-refractivity contribution in [2.75, 3.05) is 0 Å². The lowest BCUT2D eigenvalue weighted by molar-refractivity contribution is 0.556. The van der Waals surface area contributed by atoms with E-state index < -0.39 is 11.3 Å². The number of hydrogen-bond acceptors (Lipinski definition) is 3. The normalized spacial score (nSPS) is 13.3. The lowest BCUT2D eigenvalue weighted by Gasteiger charge is -2.03. The highest BCUT2D eigenvalue weighted by Crippen LogP contribution is 2.29. The lowest BCUT2D eigenvalue weighted by Crippen LogP contribution is -2.00. The topological polar surface area (TPSA) is 68.0 Å². The summed E-state index contributed by atoms with van der Waals surface area (Å²) in [6.45, 7) is 0. The van der Waals surface area contributed by atoms with Gasteiger partial charge in [0, 0.05) is 17.0 Å². The molecule has 3 rings (SSSR count). The van der Waals surface area contributed by atoms with E-state index in [1.54, 1.807) is 18.2 Å². The molecule has 92 valence electrons. The van der Waals surface area contributed by atoms with Gasteiger partial charge in [-0.05, 0) is 29.8 Å². The zero-order valence-corrected chi connectivity index (χ0v) is 11.0. The number of halogens is 2. The van der Waals surface area contributed by atoms with Crippen molar-refractivity contribution in [3.63, 3.8) is 0 Å². The van der Waals surface area contributed by atoms with Crippen molar-refractivity contribution in [2.24, 2.45) is 0 Å². The molecule has 0 saturated carbocycles. The number of aromatic nitrogens is 3. The summed E-state index contributed by atoms with van der Waals surface area (Å²) in [6, 6.07) is 5.07. The van der Waals surface area contributed by atoms with Gasteiger partial charge in [0.25, 0.3) is 11.3 Å². The van der Waals surface area contributed by atoms with Crippen LogP contribution in [-0.4, -0.2) is 22.7 Å².